The van der Waals surface area contributed by atoms with Crippen LogP contribution in [0.2, 0.25) is 0 Å². The minimum absolute atomic E-state index is 0.0161. The molecule has 0 aliphatic rings. The summed E-state index contributed by atoms with van der Waals surface area (Å²) in [6, 6.07) is 36.3. The molecule has 5 aromatic carbocycles. The first-order valence-electron chi connectivity index (χ1n) is 14.6. The Labute approximate surface area is 242 Å². The number of hydrogen-bond acceptors (Lipinski definition) is 0. The van der Waals surface area contributed by atoms with E-state index in [4.69, 9.17) is 0 Å². The SMILES string of the molecule is Cc1ccc2c3ccc(C)cc3n(-c3cc(-c4cc(C(C)(C)C)c5ccccc5c4C)[n+](C)c4ccccc34)c2c1. The average Bonchev–Trinajstić information content (AvgIpc) is 3.25. The van der Waals surface area contributed by atoms with Crippen LogP contribution in [0.25, 0.3) is 60.4 Å². The van der Waals surface area contributed by atoms with Crippen LogP contribution in [-0.4, -0.2) is 4.57 Å². The summed E-state index contributed by atoms with van der Waals surface area (Å²) >= 11 is 0. The topological polar surface area (TPSA) is 8.81 Å². The van der Waals surface area contributed by atoms with Gasteiger partial charge < -0.3 is 4.57 Å². The zero-order chi connectivity index (χ0) is 28.6. The molecular formula is C39H37N2+. The Morgan fingerprint density at radius 1 is 0.585 bits per heavy atom. The van der Waals surface area contributed by atoms with Gasteiger partial charge in [0.05, 0.1) is 27.7 Å². The second-order valence-electron chi connectivity index (χ2n) is 12.8. The van der Waals surface area contributed by atoms with E-state index < -0.39 is 0 Å². The lowest BCUT2D eigenvalue weighted by Gasteiger charge is -2.24. The monoisotopic (exact) mass is 533 g/mol. The van der Waals surface area contributed by atoms with Crippen molar-refractivity contribution in [3.8, 4) is 16.9 Å². The predicted molar refractivity (Wildman–Crippen MR) is 175 cm³/mol. The largest absolute Gasteiger partial charge is 0.308 e. The van der Waals surface area contributed by atoms with E-state index in [0.29, 0.717) is 0 Å². The first-order chi connectivity index (χ1) is 19.6. The first kappa shape index (κ1) is 25.5. The van der Waals surface area contributed by atoms with Gasteiger partial charge in [0.1, 0.15) is 7.05 Å². The normalized spacial score (nSPS) is 12.3. The molecular weight excluding hydrogens is 496 g/mol. The number of rotatable bonds is 2. The molecule has 0 saturated heterocycles. The standard InChI is InChI=1S/C39H37N2/c1-24-16-18-29-30-19-17-25(2)21-37(30)41(36(29)20-24)38-23-35(40(7)34-15-11-10-14-31(34)38)32-22-33(39(4,5)6)28-13-9-8-12-27(28)26(32)3/h8-23H,1-7H3/q+1. The van der Waals surface area contributed by atoms with E-state index in [1.165, 1.54) is 82.7 Å². The molecule has 0 amide bonds. The van der Waals surface area contributed by atoms with Gasteiger partial charge in [-0.05, 0) is 83.5 Å². The van der Waals surface area contributed by atoms with Crippen LogP contribution < -0.4 is 4.57 Å². The number of para-hydroxylation sites is 1. The molecule has 41 heavy (non-hydrogen) atoms. The first-order valence-corrected chi connectivity index (χ1v) is 14.6. The maximum atomic E-state index is 2.50. The Hall–Kier alpha value is -4.43. The van der Waals surface area contributed by atoms with Gasteiger partial charge in [-0.3, -0.25) is 0 Å². The Morgan fingerprint density at radius 3 is 1.76 bits per heavy atom. The number of hydrogen-bond donors (Lipinski definition) is 0. The van der Waals surface area contributed by atoms with E-state index >= 15 is 0 Å². The fourth-order valence-electron chi connectivity index (χ4n) is 6.77. The smallest absolute Gasteiger partial charge is 0.215 e. The highest BCUT2D eigenvalue weighted by Crippen LogP contribution is 2.40. The van der Waals surface area contributed by atoms with Crippen LogP contribution in [-0.2, 0) is 12.5 Å². The molecule has 0 atom stereocenters. The number of pyridine rings is 1. The maximum Gasteiger partial charge on any atom is 0.215 e. The lowest BCUT2D eigenvalue weighted by molar-refractivity contribution is -0.633. The fraction of sp³-hybridized carbons (Fsp3) is 0.205. The van der Waals surface area contributed by atoms with Crippen LogP contribution in [0.1, 0.15) is 43.0 Å². The predicted octanol–water partition coefficient (Wildman–Crippen LogP) is 9.80. The van der Waals surface area contributed by atoms with E-state index in [1.807, 2.05) is 0 Å². The fourth-order valence-corrected chi connectivity index (χ4v) is 6.77. The lowest BCUT2D eigenvalue weighted by Crippen LogP contribution is -2.33. The molecule has 0 aliphatic heterocycles. The summed E-state index contributed by atoms with van der Waals surface area (Å²) in [6.07, 6.45) is 0. The van der Waals surface area contributed by atoms with Gasteiger partial charge in [0.25, 0.3) is 0 Å². The molecule has 2 nitrogen and oxygen atoms in total. The van der Waals surface area contributed by atoms with E-state index in [0.717, 1.165) is 0 Å². The Kier molecular flexibility index (Phi) is 5.63. The third-order valence-corrected chi connectivity index (χ3v) is 8.89. The summed E-state index contributed by atoms with van der Waals surface area (Å²) < 4.78 is 4.88. The van der Waals surface area contributed by atoms with Crippen molar-refractivity contribution in [3.05, 3.63) is 119 Å². The quantitative estimate of drug-likeness (QED) is 0.196. The van der Waals surface area contributed by atoms with Crippen molar-refractivity contribution < 1.29 is 4.57 Å². The zero-order valence-corrected chi connectivity index (χ0v) is 25.1. The van der Waals surface area contributed by atoms with Crippen LogP contribution in [0.4, 0.5) is 0 Å². The molecule has 0 unspecified atom stereocenters. The number of nitrogens with zero attached hydrogens (tertiary/aromatic N) is 2. The molecule has 0 N–H and O–H groups in total. The Balaban J connectivity index is 1.66. The van der Waals surface area contributed by atoms with Crippen molar-refractivity contribution in [3.63, 3.8) is 0 Å². The molecule has 0 radical (unpaired) electrons. The summed E-state index contributed by atoms with van der Waals surface area (Å²) in [5.74, 6) is 0. The molecule has 0 saturated carbocycles. The summed E-state index contributed by atoms with van der Waals surface area (Å²) in [4.78, 5) is 0. The van der Waals surface area contributed by atoms with Crippen molar-refractivity contribution in [2.75, 3.05) is 0 Å². The van der Waals surface area contributed by atoms with Gasteiger partial charge in [-0.15, -0.1) is 0 Å². The minimum Gasteiger partial charge on any atom is -0.308 e. The molecule has 0 spiro atoms. The van der Waals surface area contributed by atoms with Crippen LogP contribution in [0.3, 0.4) is 0 Å². The molecule has 7 rings (SSSR count). The van der Waals surface area contributed by atoms with Gasteiger partial charge in [-0.25, -0.2) is 0 Å². The maximum absolute atomic E-state index is 2.50. The van der Waals surface area contributed by atoms with E-state index in [2.05, 4.69) is 155 Å². The second kappa shape index (κ2) is 9.04. The minimum atomic E-state index is 0.0161. The Bertz CT molecular complexity index is 2110. The molecule has 2 aromatic heterocycles. The Morgan fingerprint density at radius 2 is 1.15 bits per heavy atom. The molecule has 2 heterocycles. The lowest BCUT2D eigenvalue weighted by atomic mass is 9.80. The molecule has 2 heteroatoms. The molecule has 0 fully saturated rings. The molecule has 0 bridgehead atoms. The van der Waals surface area contributed by atoms with Gasteiger partial charge in [-0.2, -0.15) is 4.57 Å². The van der Waals surface area contributed by atoms with Crippen LogP contribution >= 0.6 is 0 Å². The second-order valence-corrected chi connectivity index (χ2v) is 12.8. The summed E-state index contributed by atoms with van der Waals surface area (Å²) in [5.41, 5.74) is 12.7. The van der Waals surface area contributed by atoms with Gasteiger partial charge in [0.2, 0.25) is 11.2 Å². The highest BCUT2D eigenvalue weighted by Gasteiger charge is 2.26. The number of aryl methyl sites for hydroxylation is 4. The highest BCUT2D eigenvalue weighted by molar-refractivity contribution is 6.11. The van der Waals surface area contributed by atoms with Crippen molar-refractivity contribution in [2.45, 2.75) is 47.0 Å². The van der Waals surface area contributed by atoms with E-state index in [1.54, 1.807) is 0 Å². The third kappa shape index (κ3) is 3.89. The molecule has 0 aliphatic carbocycles. The number of aromatic nitrogens is 2. The van der Waals surface area contributed by atoms with E-state index in [-0.39, 0.29) is 5.41 Å². The summed E-state index contributed by atoms with van der Waals surface area (Å²) in [7, 11) is 2.22. The van der Waals surface area contributed by atoms with Crippen LogP contribution in [0.5, 0.6) is 0 Å². The van der Waals surface area contributed by atoms with Crippen molar-refractivity contribution in [1.82, 2.24) is 4.57 Å². The number of fused-ring (bicyclic) bond motifs is 5. The van der Waals surface area contributed by atoms with Crippen LogP contribution in [0.15, 0.2) is 97.1 Å². The molecule has 202 valence electrons. The average molecular weight is 534 g/mol. The van der Waals surface area contributed by atoms with E-state index in [9.17, 15) is 0 Å². The van der Waals surface area contributed by atoms with Crippen molar-refractivity contribution in [1.29, 1.82) is 0 Å². The zero-order valence-electron chi connectivity index (χ0n) is 25.1. The highest BCUT2D eigenvalue weighted by atomic mass is 15.0. The third-order valence-electron chi connectivity index (χ3n) is 8.89. The molecule has 7 aromatic rings. The van der Waals surface area contributed by atoms with Gasteiger partial charge >= 0.3 is 0 Å². The van der Waals surface area contributed by atoms with Gasteiger partial charge in [0.15, 0.2) is 0 Å². The van der Waals surface area contributed by atoms with Crippen molar-refractivity contribution in [2.24, 2.45) is 7.05 Å². The summed E-state index contributed by atoms with van der Waals surface area (Å²) in [5, 5.41) is 6.50. The van der Waals surface area contributed by atoms with Crippen molar-refractivity contribution >= 4 is 43.5 Å². The van der Waals surface area contributed by atoms with Gasteiger partial charge in [0, 0.05) is 22.9 Å². The van der Waals surface area contributed by atoms with Crippen LogP contribution in [0, 0.1) is 20.8 Å². The van der Waals surface area contributed by atoms with Gasteiger partial charge in [-0.1, -0.05) is 81.4 Å². The summed E-state index contributed by atoms with van der Waals surface area (Å²) in [6.45, 7) is 13.6. The number of benzene rings is 5.